The minimum absolute atomic E-state index is 0. The largest absolute Gasteiger partial charge is 0.317 e. The van der Waals surface area contributed by atoms with Crippen molar-refractivity contribution in [1.82, 2.24) is 10.2 Å². The summed E-state index contributed by atoms with van der Waals surface area (Å²) in [5, 5.41) is 14.5. The van der Waals surface area contributed by atoms with Crippen LogP contribution in [0.15, 0.2) is 24.3 Å². The van der Waals surface area contributed by atoms with Crippen LogP contribution in [-0.4, -0.2) is 36.0 Å². The van der Waals surface area contributed by atoms with Crippen molar-refractivity contribution in [2.45, 2.75) is 25.8 Å². The van der Waals surface area contributed by atoms with Gasteiger partial charge in [0, 0.05) is 24.7 Å². The van der Waals surface area contributed by atoms with E-state index in [0.717, 1.165) is 31.7 Å². The van der Waals surface area contributed by atoms with Crippen LogP contribution in [0.5, 0.6) is 0 Å². The first-order valence-corrected chi connectivity index (χ1v) is 7.34. The molecule has 2 aliphatic heterocycles. The Morgan fingerprint density at radius 1 is 1.24 bits per heavy atom. The van der Waals surface area contributed by atoms with Crippen LogP contribution in [0, 0.1) is 15.5 Å². The summed E-state index contributed by atoms with van der Waals surface area (Å²) in [5.74, 6) is 0. The van der Waals surface area contributed by atoms with Gasteiger partial charge in [0.05, 0.1) is 4.92 Å². The van der Waals surface area contributed by atoms with Crippen molar-refractivity contribution in [1.29, 1.82) is 0 Å². The van der Waals surface area contributed by atoms with E-state index in [1.807, 2.05) is 12.1 Å². The molecule has 3 rings (SSSR count). The average Bonchev–Trinajstić information content (AvgIpc) is 2.82. The molecule has 2 aliphatic rings. The molecule has 0 bridgehead atoms. The molecule has 0 unspecified atom stereocenters. The summed E-state index contributed by atoms with van der Waals surface area (Å²) in [4.78, 5) is 13.2. The zero-order chi connectivity index (χ0) is 14.0. The molecule has 1 spiro atoms. The van der Waals surface area contributed by atoms with Gasteiger partial charge in [-0.1, -0.05) is 18.2 Å². The molecule has 0 amide bonds. The molecule has 2 fully saturated rings. The molecule has 21 heavy (non-hydrogen) atoms. The van der Waals surface area contributed by atoms with Crippen molar-refractivity contribution in [3.63, 3.8) is 0 Å². The fraction of sp³-hybridized carbons (Fsp3) is 0.600. The molecular formula is C15H22ClN3O2. The fourth-order valence-electron chi connectivity index (χ4n) is 3.59. The fourth-order valence-corrected chi connectivity index (χ4v) is 3.59. The summed E-state index contributed by atoms with van der Waals surface area (Å²) in [6, 6.07) is 7.11. The Balaban J connectivity index is 0.00000161. The zero-order valence-electron chi connectivity index (χ0n) is 12.1. The van der Waals surface area contributed by atoms with Crippen LogP contribution in [0.4, 0.5) is 5.69 Å². The summed E-state index contributed by atoms with van der Waals surface area (Å²) < 4.78 is 0. The summed E-state index contributed by atoms with van der Waals surface area (Å²) in [5.41, 5.74) is 1.54. The number of likely N-dealkylation sites (tertiary alicyclic amines) is 1. The normalized spacial score (nSPS) is 21.1. The van der Waals surface area contributed by atoms with Gasteiger partial charge in [-0.05, 0) is 44.3 Å². The van der Waals surface area contributed by atoms with Crippen molar-refractivity contribution in [2.24, 2.45) is 5.41 Å². The molecule has 0 aromatic heterocycles. The number of nitro groups is 1. The first kappa shape index (κ1) is 16.2. The van der Waals surface area contributed by atoms with Gasteiger partial charge in [0.1, 0.15) is 0 Å². The lowest BCUT2D eigenvalue weighted by Gasteiger charge is -2.33. The number of hydrogen-bond donors (Lipinski definition) is 1. The number of hydrogen-bond acceptors (Lipinski definition) is 4. The standard InChI is InChI=1S/C15H21N3O2.ClH/c19-18(20)14-4-2-1-3-13(14)11-17-10-7-15(12-17)5-8-16-9-6-15;/h1-4,16H,5-12H2;1H. The second-order valence-electron chi connectivity index (χ2n) is 6.10. The van der Waals surface area contributed by atoms with E-state index in [9.17, 15) is 10.1 Å². The number of nitrogens with zero attached hydrogens (tertiary/aromatic N) is 2. The molecule has 1 aromatic rings. The van der Waals surface area contributed by atoms with E-state index in [4.69, 9.17) is 0 Å². The van der Waals surface area contributed by atoms with Crippen molar-refractivity contribution < 1.29 is 4.92 Å². The number of rotatable bonds is 3. The number of piperidine rings is 1. The first-order valence-electron chi connectivity index (χ1n) is 7.34. The van der Waals surface area contributed by atoms with Gasteiger partial charge in [0.25, 0.3) is 5.69 Å². The van der Waals surface area contributed by atoms with Gasteiger partial charge in [-0.3, -0.25) is 15.0 Å². The third kappa shape index (κ3) is 3.54. The van der Waals surface area contributed by atoms with Crippen LogP contribution in [-0.2, 0) is 6.54 Å². The Labute approximate surface area is 131 Å². The number of para-hydroxylation sites is 1. The van der Waals surface area contributed by atoms with Gasteiger partial charge >= 0.3 is 0 Å². The molecule has 0 aliphatic carbocycles. The lowest BCUT2D eigenvalue weighted by atomic mass is 9.78. The van der Waals surface area contributed by atoms with E-state index in [1.165, 1.54) is 19.3 Å². The van der Waals surface area contributed by atoms with Gasteiger partial charge in [-0.25, -0.2) is 0 Å². The monoisotopic (exact) mass is 311 g/mol. The Hall–Kier alpha value is -1.17. The molecule has 0 saturated carbocycles. The van der Waals surface area contributed by atoms with Crippen LogP contribution >= 0.6 is 12.4 Å². The minimum atomic E-state index is -0.272. The smallest absolute Gasteiger partial charge is 0.273 e. The second kappa shape index (κ2) is 6.73. The topological polar surface area (TPSA) is 58.4 Å². The highest BCUT2D eigenvalue weighted by molar-refractivity contribution is 5.85. The number of halogens is 1. The molecule has 5 nitrogen and oxygen atoms in total. The maximum atomic E-state index is 11.1. The predicted octanol–water partition coefficient (Wildman–Crippen LogP) is 2.59. The molecule has 0 atom stereocenters. The van der Waals surface area contributed by atoms with Gasteiger partial charge in [0.2, 0.25) is 0 Å². The van der Waals surface area contributed by atoms with Crippen LogP contribution < -0.4 is 5.32 Å². The summed E-state index contributed by atoms with van der Waals surface area (Å²) in [6.07, 6.45) is 3.70. The van der Waals surface area contributed by atoms with Gasteiger partial charge in [-0.15, -0.1) is 12.4 Å². The molecule has 6 heteroatoms. The predicted molar refractivity (Wildman–Crippen MR) is 84.8 cm³/mol. The van der Waals surface area contributed by atoms with Crippen LogP contribution in [0.3, 0.4) is 0 Å². The van der Waals surface area contributed by atoms with Gasteiger partial charge < -0.3 is 5.32 Å². The van der Waals surface area contributed by atoms with Gasteiger partial charge in [-0.2, -0.15) is 0 Å². The first-order chi connectivity index (χ1) is 9.69. The maximum Gasteiger partial charge on any atom is 0.273 e. The van der Waals surface area contributed by atoms with Crippen molar-refractivity contribution >= 4 is 18.1 Å². The highest BCUT2D eigenvalue weighted by Gasteiger charge is 2.38. The Kier molecular flexibility index (Phi) is 5.19. The molecule has 2 saturated heterocycles. The lowest BCUT2D eigenvalue weighted by molar-refractivity contribution is -0.385. The van der Waals surface area contributed by atoms with Crippen LogP contribution in [0.2, 0.25) is 0 Å². The number of nitrogens with one attached hydrogen (secondary N) is 1. The maximum absolute atomic E-state index is 11.1. The van der Waals surface area contributed by atoms with E-state index < -0.39 is 0 Å². The second-order valence-corrected chi connectivity index (χ2v) is 6.10. The molecule has 1 aromatic carbocycles. The zero-order valence-corrected chi connectivity index (χ0v) is 12.9. The van der Waals surface area contributed by atoms with E-state index in [-0.39, 0.29) is 23.0 Å². The van der Waals surface area contributed by atoms with E-state index >= 15 is 0 Å². The summed E-state index contributed by atoms with van der Waals surface area (Å²) >= 11 is 0. The third-order valence-electron chi connectivity index (χ3n) is 4.76. The Morgan fingerprint density at radius 2 is 1.95 bits per heavy atom. The van der Waals surface area contributed by atoms with Crippen molar-refractivity contribution in [3.05, 3.63) is 39.9 Å². The van der Waals surface area contributed by atoms with Crippen LogP contribution in [0.25, 0.3) is 0 Å². The van der Waals surface area contributed by atoms with Crippen LogP contribution in [0.1, 0.15) is 24.8 Å². The highest BCUT2D eigenvalue weighted by Crippen LogP contribution is 2.39. The van der Waals surface area contributed by atoms with Gasteiger partial charge in [0.15, 0.2) is 0 Å². The minimum Gasteiger partial charge on any atom is -0.317 e. The Bertz CT molecular complexity index is 503. The third-order valence-corrected chi connectivity index (χ3v) is 4.76. The average molecular weight is 312 g/mol. The molecule has 2 heterocycles. The summed E-state index contributed by atoms with van der Waals surface area (Å²) in [6.45, 7) is 5.07. The number of nitro benzene ring substituents is 1. The lowest BCUT2D eigenvalue weighted by Crippen LogP contribution is -2.38. The molecule has 1 N–H and O–H groups in total. The SMILES string of the molecule is Cl.O=[N+]([O-])c1ccccc1CN1CCC2(CCNCC2)C1. The number of benzene rings is 1. The summed E-state index contributed by atoms with van der Waals surface area (Å²) in [7, 11) is 0. The Morgan fingerprint density at radius 3 is 2.67 bits per heavy atom. The van der Waals surface area contributed by atoms with Crippen molar-refractivity contribution in [3.8, 4) is 0 Å². The van der Waals surface area contributed by atoms with Crippen molar-refractivity contribution in [2.75, 3.05) is 26.2 Å². The van der Waals surface area contributed by atoms with E-state index in [0.29, 0.717) is 12.0 Å². The van der Waals surface area contributed by atoms with E-state index in [1.54, 1.807) is 12.1 Å². The molecule has 0 radical (unpaired) electrons. The molecular weight excluding hydrogens is 290 g/mol. The van der Waals surface area contributed by atoms with E-state index in [2.05, 4.69) is 10.2 Å². The quantitative estimate of drug-likeness (QED) is 0.688. The highest BCUT2D eigenvalue weighted by atomic mass is 35.5. The molecule has 116 valence electrons.